The molecule has 0 radical (unpaired) electrons. The highest BCUT2D eigenvalue weighted by Gasteiger charge is 2.11. The second-order valence-corrected chi connectivity index (χ2v) is 4.55. The van der Waals surface area contributed by atoms with E-state index < -0.39 is 0 Å². The summed E-state index contributed by atoms with van der Waals surface area (Å²) < 4.78 is 1.60. The second-order valence-electron chi connectivity index (χ2n) is 4.07. The maximum absolute atomic E-state index is 5.70. The number of hydrogen-bond acceptors (Lipinski definition) is 3. The van der Waals surface area contributed by atoms with E-state index in [2.05, 4.69) is 41.8 Å². The molecule has 2 rings (SSSR count). The molecule has 20 heavy (non-hydrogen) atoms. The van der Waals surface area contributed by atoms with Crippen LogP contribution in [0.5, 0.6) is 0 Å². The number of aromatic nitrogens is 4. The quantitative estimate of drug-likeness (QED) is 0.787. The molecule has 0 aromatic carbocycles. The van der Waals surface area contributed by atoms with Gasteiger partial charge in [-0.25, -0.2) is 0 Å². The topological polar surface area (TPSA) is 43.1 Å². The molecule has 0 N–H and O–H groups in total. The Morgan fingerprint density at radius 2 is 1.95 bits per heavy atom. The van der Waals surface area contributed by atoms with E-state index in [4.69, 9.17) is 11.6 Å². The van der Waals surface area contributed by atoms with Crippen LogP contribution in [0.2, 0.25) is 0 Å². The number of fused-ring (bicyclic) bond motifs is 1. The number of pyridine rings is 1. The number of rotatable bonds is 5. The number of nitrogens with zero attached hydrogens (tertiary/aromatic N) is 4. The van der Waals surface area contributed by atoms with E-state index in [1.165, 1.54) is 0 Å². The van der Waals surface area contributed by atoms with Gasteiger partial charge in [0.1, 0.15) is 0 Å². The summed E-state index contributed by atoms with van der Waals surface area (Å²) in [5, 5.41) is 11.9. The Labute approximate surface area is 122 Å². The van der Waals surface area contributed by atoms with Gasteiger partial charge in [0.15, 0.2) is 5.65 Å². The van der Waals surface area contributed by atoms with Crippen LogP contribution in [0.3, 0.4) is 0 Å². The fraction of sp³-hybridized carbons (Fsp3) is 0. The summed E-state index contributed by atoms with van der Waals surface area (Å²) in [4.78, 5) is 0. The molecule has 4 nitrogen and oxygen atoms in total. The lowest BCUT2D eigenvalue weighted by Crippen LogP contribution is -1.99. The van der Waals surface area contributed by atoms with Gasteiger partial charge in [0.2, 0.25) is 0 Å². The molecule has 0 amide bonds. The summed E-state index contributed by atoms with van der Waals surface area (Å²) in [6.45, 7) is 15.4. The van der Waals surface area contributed by atoms with Crippen LogP contribution in [-0.4, -0.2) is 20.0 Å². The molecule has 0 saturated heterocycles. The second kappa shape index (κ2) is 5.67. The maximum atomic E-state index is 5.70. The van der Waals surface area contributed by atoms with Gasteiger partial charge in [-0.1, -0.05) is 44.0 Å². The molecular weight excluding hydrogens is 272 g/mol. The fourth-order valence-electron chi connectivity index (χ4n) is 1.74. The predicted octanol–water partition coefficient (Wildman–Crippen LogP) is 3.65. The van der Waals surface area contributed by atoms with Gasteiger partial charge in [-0.2, -0.15) is 4.52 Å². The van der Waals surface area contributed by atoms with E-state index in [1.54, 1.807) is 22.7 Å². The standard InChI is InChI=1S/C15H13ClN4/c1-5-14-13(8-9-15-17-18-19-20(14)15)12(4)10(2)6-7-11(3)16/h5-9H,1-4H2. The van der Waals surface area contributed by atoms with Crippen molar-refractivity contribution in [1.82, 2.24) is 20.0 Å². The Morgan fingerprint density at radius 1 is 1.20 bits per heavy atom. The van der Waals surface area contributed by atoms with Crippen molar-refractivity contribution in [1.29, 1.82) is 0 Å². The van der Waals surface area contributed by atoms with Gasteiger partial charge in [-0.3, -0.25) is 0 Å². The van der Waals surface area contributed by atoms with E-state index in [-0.39, 0.29) is 0 Å². The molecule has 0 aliphatic carbocycles. The third-order valence-electron chi connectivity index (χ3n) is 2.77. The zero-order chi connectivity index (χ0) is 14.7. The largest absolute Gasteiger partial charge is 0.193 e. The van der Waals surface area contributed by atoms with E-state index in [0.29, 0.717) is 10.7 Å². The number of tetrazole rings is 1. The number of halogens is 1. The third kappa shape index (κ3) is 2.60. The summed E-state index contributed by atoms with van der Waals surface area (Å²) in [5.41, 5.74) is 3.73. The van der Waals surface area contributed by atoms with Crippen molar-refractivity contribution in [2.24, 2.45) is 0 Å². The Morgan fingerprint density at radius 3 is 2.60 bits per heavy atom. The molecule has 0 spiro atoms. The lowest BCUT2D eigenvalue weighted by Gasteiger charge is -2.10. The highest BCUT2D eigenvalue weighted by atomic mass is 35.5. The van der Waals surface area contributed by atoms with Crippen molar-refractivity contribution in [3.63, 3.8) is 0 Å². The molecule has 0 aliphatic heterocycles. The van der Waals surface area contributed by atoms with Crippen LogP contribution in [0.15, 0.2) is 61.2 Å². The molecule has 5 heteroatoms. The first-order valence-corrected chi connectivity index (χ1v) is 6.17. The fourth-order valence-corrected chi connectivity index (χ4v) is 1.81. The first-order chi connectivity index (χ1) is 9.54. The van der Waals surface area contributed by atoms with Gasteiger partial charge in [-0.15, -0.1) is 5.10 Å². The molecule has 2 aromatic rings. The SMILES string of the molecule is C=Cc1c(C(=C)C(=C)C=CC(=C)Cl)ccc2nnnn12. The van der Waals surface area contributed by atoms with Crippen molar-refractivity contribution >= 4 is 28.9 Å². The van der Waals surface area contributed by atoms with Crippen LogP contribution in [-0.2, 0) is 0 Å². The van der Waals surface area contributed by atoms with Gasteiger partial charge in [-0.05, 0) is 45.9 Å². The van der Waals surface area contributed by atoms with Gasteiger partial charge in [0, 0.05) is 10.6 Å². The Bertz CT molecular complexity index is 752. The lowest BCUT2D eigenvalue weighted by molar-refractivity contribution is 0.817. The molecule has 100 valence electrons. The van der Waals surface area contributed by atoms with Gasteiger partial charge in [0.25, 0.3) is 0 Å². The first kappa shape index (κ1) is 14.0. The normalized spacial score (nSPS) is 10.8. The summed E-state index contributed by atoms with van der Waals surface area (Å²) in [5.74, 6) is 0. The van der Waals surface area contributed by atoms with Crippen molar-refractivity contribution in [2.45, 2.75) is 0 Å². The summed E-state index contributed by atoms with van der Waals surface area (Å²) in [7, 11) is 0. The minimum absolute atomic E-state index is 0.429. The first-order valence-electron chi connectivity index (χ1n) is 5.79. The minimum atomic E-state index is 0.429. The van der Waals surface area contributed by atoms with Gasteiger partial charge >= 0.3 is 0 Å². The zero-order valence-electron chi connectivity index (χ0n) is 10.9. The van der Waals surface area contributed by atoms with Crippen LogP contribution in [0.25, 0.3) is 17.3 Å². The summed E-state index contributed by atoms with van der Waals surface area (Å²) in [6.07, 6.45) is 5.11. The Hall–Kier alpha value is -2.46. The van der Waals surface area contributed by atoms with Gasteiger partial charge in [0.05, 0.1) is 5.69 Å². The number of hydrogen-bond donors (Lipinski definition) is 0. The smallest absolute Gasteiger partial charge is 0.179 e. The average Bonchev–Trinajstić information content (AvgIpc) is 2.91. The van der Waals surface area contributed by atoms with E-state index in [1.807, 2.05) is 12.1 Å². The Balaban J connectivity index is 2.46. The molecular formula is C15H13ClN4. The van der Waals surface area contributed by atoms with E-state index in [0.717, 1.165) is 22.4 Å². The van der Waals surface area contributed by atoms with Crippen molar-refractivity contribution in [3.8, 4) is 0 Å². The molecule has 0 bridgehead atoms. The monoisotopic (exact) mass is 284 g/mol. The molecule has 0 aliphatic rings. The maximum Gasteiger partial charge on any atom is 0.179 e. The average molecular weight is 285 g/mol. The van der Waals surface area contributed by atoms with Crippen molar-refractivity contribution < 1.29 is 0 Å². The van der Waals surface area contributed by atoms with E-state index in [9.17, 15) is 0 Å². The van der Waals surface area contributed by atoms with E-state index >= 15 is 0 Å². The highest BCUT2D eigenvalue weighted by Crippen LogP contribution is 2.25. The minimum Gasteiger partial charge on any atom is -0.193 e. The molecule has 0 saturated carbocycles. The molecule has 0 atom stereocenters. The Kier molecular flexibility index (Phi) is 3.96. The summed E-state index contributed by atoms with van der Waals surface area (Å²) >= 11 is 5.70. The highest BCUT2D eigenvalue weighted by molar-refractivity contribution is 6.30. The van der Waals surface area contributed by atoms with Crippen LogP contribution >= 0.6 is 11.6 Å². The van der Waals surface area contributed by atoms with Crippen molar-refractivity contribution in [3.05, 3.63) is 72.5 Å². The molecule has 2 aromatic heterocycles. The number of allylic oxidation sites excluding steroid dienone is 5. The molecule has 0 fully saturated rings. The van der Waals surface area contributed by atoms with Crippen LogP contribution in [0.4, 0.5) is 0 Å². The van der Waals surface area contributed by atoms with Crippen LogP contribution in [0.1, 0.15) is 11.3 Å². The van der Waals surface area contributed by atoms with Crippen LogP contribution < -0.4 is 0 Å². The van der Waals surface area contributed by atoms with Gasteiger partial charge < -0.3 is 0 Å². The van der Waals surface area contributed by atoms with Crippen LogP contribution in [0, 0.1) is 0 Å². The predicted molar refractivity (Wildman–Crippen MR) is 83.2 cm³/mol. The van der Waals surface area contributed by atoms with Crippen molar-refractivity contribution in [2.75, 3.05) is 0 Å². The zero-order valence-corrected chi connectivity index (χ0v) is 11.6. The summed E-state index contributed by atoms with van der Waals surface area (Å²) in [6, 6.07) is 3.70. The molecule has 2 heterocycles. The molecule has 0 unspecified atom stereocenters. The third-order valence-corrected chi connectivity index (χ3v) is 2.89. The lowest BCUT2D eigenvalue weighted by atomic mass is 9.98.